The average Bonchev–Trinajstić information content (AvgIpc) is 3.22. The lowest BCUT2D eigenvalue weighted by atomic mass is 9.94. The molecule has 0 aliphatic carbocycles. The highest BCUT2D eigenvalue weighted by Gasteiger charge is 2.40. The Hall–Kier alpha value is -1.54. The van der Waals surface area contributed by atoms with Gasteiger partial charge in [0.15, 0.2) is 0 Å². The van der Waals surface area contributed by atoms with Gasteiger partial charge in [0.05, 0.1) is 12.1 Å². The summed E-state index contributed by atoms with van der Waals surface area (Å²) in [6.45, 7) is 7.70. The lowest BCUT2D eigenvalue weighted by molar-refractivity contribution is -0.135. The van der Waals surface area contributed by atoms with Crippen molar-refractivity contribution in [2.24, 2.45) is 11.7 Å². The van der Waals surface area contributed by atoms with Crippen LogP contribution >= 0.6 is 0 Å². The molecular weight excluding hydrogens is 333 g/mol. The van der Waals surface area contributed by atoms with Crippen LogP contribution in [0.1, 0.15) is 31.9 Å². The van der Waals surface area contributed by atoms with Crippen molar-refractivity contribution >= 4 is 5.91 Å². The molecule has 0 spiro atoms. The summed E-state index contributed by atoms with van der Waals surface area (Å²) >= 11 is 0. The lowest BCUT2D eigenvalue weighted by Gasteiger charge is -2.31. The number of hydrazine groups is 1. The lowest BCUT2D eigenvalue weighted by Crippen LogP contribution is -2.47. The largest absolute Gasteiger partial charge is 0.342 e. The van der Waals surface area contributed by atoms with Gasteiger partial charge in [-0.2, -0.15) is 0 Å². The molecular formula is C19H30FN5O. The molecule has 1 amide bonds. The molecule has 3 rings (SSSR count). The van der Waals surface area contributed by atoms with Crippen LogP contribution in [0, 0.1) is 11.7 Å². The standard InChI is InChI=1S/C19H30FN5O/c1-3-24(4-2)19(26)17-9-16(21)12-25(17)11-14-10-22-23-18(14)13-6-5-7-15(20)8-13/h5-8,14,16-18,22-23H,3-4,9-12,21H2,1-2H3/t14?,16-,17-,18?/m0/s1. The van der Waals surface area contributed by atoms with Gasteiger partial charge in [0.2, 0.25) is 5.91 Å². The second kappa shape index (κ2) is 8.43. The van der Waals surface area contributed by atoms with Crippen LogP contribution in [0.3, 0.4) is 0 Å². The van der Waals surface area contributed by atoms with E-state index in [-0.39, 0.29) is 35.8 Å². The van der Waals surface area contributed by atoms with E-state index in [1.165, 1.54) is 6.07 Å². The van der Waals surface area contributed by atoms with Crippen molar-refractivity contribution in [2.45, 2.75) is 38.4 Å². The SMILES string of the molecule is CCN(CC)C(=O)[C@@H]1C[C@H](N)CN1CC1CNNC1c1cccc(F)c1. The average molecular weight is 363 g/mol. The first kappa shape index (κ1) is 19.2. The quantitative estimate of drug-likeness (QED) is 0.699. The maximum absolute atomic E-state index is 13.6. The first-order chi connectivity index (χ1) is 12.5. The Morgan fingerprint density at radius 2 is 2.15 bits per heavy atom. The van der Waals surface area contributed by atoms with Gasteiger partial charge in [0.25, 0.3) is 0 Å². The predicted molar refractivity (Wildman–Crippen MR) is 99.7 cm³/mol. The molecule has 2 saturated heterocycles. The molecule has 7 heteroatoms. The highest BCUT2D eigenvalue weighted by molar-refractivity contribution is 5.82. The van der Waals surface area contributed by atoms with E-state index < -0.39 is 0 Å². The Kier molecular flexibility index (Phi) is 6.24. The molecule has 2 aliphatic rings. The zero-order valence-corrected chi connectivity index (χ0v) is 15.6. The molecule has 0 bridgehead atoms. The van der Waals surface area contributed by atoms with E-state index in [0.717, 1.165) is 25.2 Å². The number of carbonyl (C=O) groups is 1. The van der Waals surface area contributed by atoms with E-state index in [1.807, 2.05) is 24.8 Å². The Morgan fingerprint density at radius 1 is 1.38 bits per heavy atom. The highest BCUT2D eigenvalue weighted by Crippen LogP contribution is 2.29. The molecule has 2 fully saturated rings. The van der Waals surface area contributed by atoms with Crippen LogP contribution in [0.15, 0.2) is 24.3 Å². The van der Waals surface area contributed by atoms with Crippen molar-refractivity contribution in [3.8, 4) is 0 Å². The number of likely N-dealkylation sites (tertiary alicyclic amines) is 1. The third kappa shape index (κ3) is 4.06. The summed E-state index contributed by atoms with van der Waals surface area (Å²) in [7, 11) is 0. The van der Waals surface area contributed by atoms with Gasteiger partial charge in [0.1, 0.15) is 5.82 Å². The number of halogens is 1. The van der Waals surface area contributed by atoms with E-state index in [1.54, 1.807) is 12.1 Å². The first-order valence-electron chi connectivity index (χ1n) is 9.55. The number of carbonyl (C=O) groups excluding carboxylic acids is 1. The molecule has 4 N–H and O–H groups in total. The van der Waals surface area contributed by atoms with Crippen molar-refractivity contribution in [3.63, 3.8) is 0 Å². The fraction of sp³-hybridized carbons (Fsp3) is 0.632. The van der Waals surface area contributed by atoms with Gasteiger partial charge in [-0.1, -0.05) is 12.1 Å². The molecule has 4 atom stereocenters. The zero-order chi connectivity index (χ0) is 18.7. The smallest absolute Gasteiger partial charge is 0.239 e. The van der Waals surface area contributed by atoms with Gasteiger partial charge in [-0.15, -0.1) is 0 Å². The van der Waals surface area contributed by atoms with Crippen LogP contribution in [-0.2, 0) is 4.79 Å². The Balaban J connectivity index is 1.72. The van der Waals surface area contributed by atoms with E-state index in [9.17, 15) is 9.18 Å². The zero-order valence-electron chi connectivity index (χ0n) is 15.6. The molecule has 0 saturated carbocycles. The van der Waals surface area contributed by atoms with Crippen molar-refractivity contribution in [1.29, 1.82) is 0 Å². The summed E-state index contributed by atoms with van der Waals surface area (Å²) in [6.07, 6.45) is 0.702. The van der Waals surface area contributed by atoms with Crippen LogP contribution in [0.2, 0.25) is 0 Å². The summed E-state index contributed by atoms with van der Waals surface area (Å²) in [5, 5.41) is 0. The van der Waals surface area contributed by atoms with Crippen LogP contribution < -0.4 is 16.6 Å². The molecule has 26 heavy (non-hydrogen) atoms. The molecule has 0 aromatic heterocycles. The maximum atomic E-state index is 13.6. The van der Waals surface area contributed by atoms with Gasteiger partial charge < -0.3 is 10.6 Å². The first-order valence-corrected chi connectivity index (χ1v) is 9.55. The topological polar surface area (TPSA) is 73.6 Å². The van der Waals surface area contributed by atoms with Crippen LogP contribution in [-0.4, -0.2) is 60.5 Å². The van der Waals surface area contributed by atoms with Crippen molar-refractivity contribution in [3.05, 3.63) is 35.6 Å². The number of benzene rings is 1. The van der Waals surface area contributed by atoms with Crippen molar-refractivity contribution in [2.75, 3.05) is 32.7 Å². The molecule has 6 nitrogen and oxygen atoms in total. The van der Waals surface area contributed by atoms with Gasteiger partial charge in [-0.25, -0.2) is 9.82 Å². The molecule has 1 aromatic carbocycles. The summed E-state index contributed by atoms with van der Waals surface area (Å²) in [5.74, 6) is 0.186. The van der Waals surface area contributed by atoms with Gasteiger partial charge in [-0.05, 0) is 38.0 Å². The monoisotopic (exact) mass is 363 g/mol. The molecule has 2 unspecified atom stereocenters. The van der Waals surface area contributed by atoms with E-state index in [4.69, 9.17) is 5.73 Å². The maximum Gasteiger partial charge on any atom is 0.239 e. The fourth-order valence-electron chi connectivity index (χ4n) is 4.21. The number of hydrogen-bond acceptors (Lipinski definition) is 5. The predicted octanol–water partition coefficient (Wildman–Crippen LogP) is 0.861. The molecule has 0 radical (unpaired) electrons. The summed E-state index contributed by atoms with van der Waals surface area (Å²) in [5.41, 5.74) is 13.6. The number of hydrogen-bond donors (Lipinski definition) is 3. The van der Waals surface area contributed by atoms with Gasteiger partial charge in [-0.3, -0.25) is 15.1 Å². The number of rotatable bonds is 6. The molecule has 144 valence electrons. The van der Waals surface area contributed by atoms with Gasteiger partial charge >= 0.3 is 0 Å². The van der Waals surface area contributed by atoms with E-state index in [2.05, 4.69) is 15.8 Å². The van der Waals surface area contributed by atoms with Gasteiger partial charge in [0, 0.05) is 44.7 Å². The van der Waals surface area contributed by atoms with Crippen LogP contribution in [0.4, 0.5) is 4.39 Å². The Bertz CT molecular complexity index is 624. The third-order valence-electron chi connectivity index (χ3n) is 5.57. The van der Waals surface area contributed by atoms with Crippen molar-refractivity contribution in [1.82, 2.24) is 20.7 Å². The number of amides is 1. The second-order valence-electron chi connectivity index (χ2n) is 7.29. The van der Waals surface area contributed by atoms with E-state index >= 15 is 0 Å². The number of likely N-dealkylation sites (N-methyl/N-ethyl adjacent to an activating group) is 1. The molecule has 2 aliphatic heterocycles. The second-order valence-corrected chi connectivity index (χ2v) is 7.29. The normalized spacial score (nSPS) is 29.2. The van der Waals surface area contributed by atoms with E-state index in [0.29, 0.717) is 19.5 Å². The Labute approximate surface area is 154 Å². The van der Waals surface area contributed by atoms with Crippen LogP contribution in [0.5, 0.6) is 0 Å². The third-order valence-corrected chi connectivity index (χ3v) is 5.57. The molecule has 1 aromatic rings. The minimum atomic E-state index is -0.229. The number of nitrogens with one attached hydrogen (secondary N) is 2. The summed E-state index contributed by atoms with van der Waals surface area (Å²) < 4.78 is 13.6. The minimum Gasteiger partial charge on any atom is -0.342 e. The number of nitrogens with two attached hydrogens (primary N) is 1. The van der Waals surface area contributed by atoms with Crippen LogP contribution in [0.25, 0.3) is 0 Å². The summed E-state index contributed by atoms with van der Waals surface area (Å²) in [6, 6.07) is 6.60. The minimum absolute atomic E-state index is 0.0201. The number of nitrogens with zero attached hydrogens (tertiary/aromatic N) is 2. The summed E-state index contributed by atoms with van der Waals surface area (Å²) in [4.78, 5) is 17.0. The fourth-order valence-corrected chi connectivity index (χ4v) is 4.21. The molecule has 2 heterocycles. The van der Waals surface area contributed by atoms with Crippen molar-refractivity contribution < 1.29 is 9.18 Å². The highest BCUT2D eigenvalue weighted by atomic mass is 19.1. The Morgan fingerprint density at radius 3 is 2.85 bits per heavy atom.